The van der Waals surface area contributed by atoms with Gasteiger partial charge in [0, 0.05) is 34.0 Å². The van der Waals surface area contributed by atoms with Gasteiger partial charge in [-0.1, -0.05) is 0 Å². The standard InChI is InChI=1S/C11H10Br2N2O2/c1-15-5-7(4-14)6-2-8(12)10(11(16)17)9(13)3-6/h2-5H,14H2,1H3,(H,16,17). The average Bonchev–Trinajstić information content (AvgIpc) is 2.24. The van der Waals surface area contributed by atoms with Crippen molar-refractivity contribution >= 4 is 49.6 Å². The fourth-order valence-corrected chi connectivity index (χ4v) is 2.82. The number of hydrogen-bond acceptors (Lipinski definition) is 3. The number of allylic oxidation sites excluding steroid dienone is 1. The Hall–Kier alpha value is -1.14. The van der Waals surface area contributed by atoms with Crippen molar-refractivity contribution in [2.75, 3.05) is 7.05 Å². The van der Waals surface area contributed by atoms with Crippen molar-refractivity contribution in [3.05, 3.63) is 38.4 Å². The molecule has 0 amide bonds. The number of carbonyl (C=O) groups is 1. The lowest BCUT2D eigenvalue weighted by molar-refractivity contribution is 0.0695. The Kier molecular flexibility index (Phi) is 4.89. The van der Waals surface area contributed by atoms with Crippen molar-refractivity contribution in [1.29, 1.82) is 0 Å². The van der Waals surface area contributed by atoms with Gasteiger partial charge in [0.05, 0.1) is 5.56 Å². The van der Waals surface area contributed by atoms with Gasteiger partial charge in [0.25, 0.3) is 0 Å². The van der Waals surface area contributed by atoms with Crippen LogP contribution in [0.25, 0.3) is 5.57 Å². The van der Waals surface area contributed by atoms with Crippen molar-refractivity contribution in [1.82, 2.24) is 0 Å². The molecule has 0 saturated carbocycles. The van der Waals surface area contributed by atoms with E-state index in [1.54, 1.807) is 25.4 Å². The summed E-state index contributed by atoms with van der Waals surface area (Å²) in [7, 11) is 1.64. The number of hydrogen-bond donors (Lipinski definition) is 2. The van der Waals surface area contributed by atoms with E-state index >= 15 is 0 Å². The molecular weight excluding hydrogens is 352 g/mol. The molecule has 0 radical (unpaired) electrons. The molecule has 0 saturated heterocycles. The van der Waals surface area contributed by atoms with E-state index in [4.69, 9.17) is 10.8 Å². The number of halogens is 2. The van der Waals surface area contributed by atoms with E-state index in [2.05, 4.69) is 36.9 Å². The van der Waals surface area contributed by atoms with Crippen LogP contribution in [-0.2, 0) is 0 Å². The van der Waals surface area contributed by atoms with E-state index in [1.807, 2.05) is 0 Å². The molecule has 0 heterocycles. The van der Waals surface area contributed by atoms with Crippen LogP contribution < -0.4 is 5.73 Å². The first-order chi connectivity index (χ1) is 8.01. The summed E-state index contributed by atoms with van der Waals surface area (Å²) in [6, 6.07) is 3.38. The number of nitrogens with two attached hydrogens (primary N) is 1. The Morgan fingerprint density at radius 1 is 1.41 bits per heavy atom. The van der Waals surface area contributed by atoms with Crippen LogP contribution in [0.2, 0.25) is 0 Å². The van der Waals surface area contributed by atoms with Gasteiger partial charge >= 0.3 is 5.97 Å². The normalized spacial score (nSPS) is 12.1. The molecule has 0 fully saturated rings. The number of carboxylic acid groups (broad SMARTS) is 1. The van der Waals surface area contributed by atoms with Gasteiger partial charge in [0.2, 0.25) is 0 Å². The zero-order valence-electron chi connectivity index (χ0n) is 8.95. The average molecular weight is 362 g/mol. The first-order valence-electron chi connectivity index (χ1n) is 4.58. The molecule has 0 aliphatic rings. The zero-order chi connectivity index (χ0) is 13.0. The number of benzene rings is 1. The lowest BCUT2D eigenvalue weighted by atomic mass is 10.1. The molecule has 1 aromatic rings. The van der Waals surface area contributed by atoms with E-state index < -0.39 is 5.97 Å². The fourth-order valence-electron chi connectivity index (χ4n) is 1.30. The molecule has 0 spiro atoms. The topological polar surface area (TPSA) is 75.7 Å². The van der Waals surface area contributed by atoms with E-state index in [-0.39, 0.29) is 5.56 Å². The van der Waals surface area contributed by atoms with Crippen LogP contribution in [0.5, 0.6) is 0 Å². The summed E-state index contributed by atoms with van der Waals surface area (Å²) in [6.45, 7) is 0. The Balaban J connectivity index is 3.37. The van der Waals surface area contributed by atoms with Crippen molar-refractivity contribution < 1.29 is 9.90 Å². The monoisotopic (exact) mass is 360 g/mol. The number of rotatable bonds is 3. The number of carboxylic acids is 1. The first-order valence-corrected chi connectivity index (χ1v) is 6.16. The molecule has 17 heavy (non-hydrogen) atoms. The number of aliphatic imine (C=N–C) groups is 1. The van der Waals surface area contributed by atoms with Gasteiger partial charge in [0.15, 0.2) is 0 Å². The molecule has 1 aromatic carbocycles. The Morgan fingerprint density at radius 3 is 2.29 bits per heavy atom. The minimum Gasteiger partial charge on any atom is -0.478 e. The third kappa shape index (κ3) is 3.17. The second kappa shape index (κ2) is 5.97. The van der Waals surface area contributed by atoms with Crippen molar-refractivity contribution in [2.45, 2.75) is 0 Å². The van der Waals surface area contributed by atoms with Gasteiger partial charge in [-0.15, -0.1) is 0 Å². The summed E-state index contributed by atoms with van der Waals surface area (Å²) in [4.78, 5) is 14.9. The van der Waals surface area contributed by atoms with Crippen LogP contribution in [0.4, 0.5) is 0 Å². The second-order valence-electron chi connectivity index (χ2n) is 3.13. The Morgan fingerprint density at radius 2 is 1.94 bits per heavy atom. The molecule has 0 bridgehead atoms. The maximum Gasteiger partial charge on any atom is 0.337 e. The van der Waals surface area contributed by atoms with Crippen LogP contribution >= 0.6 is 31.9 Å². The molecule has 1 rings (SSSR count). The summed E-state index contributed by atoms with van der Waals surface area (Å²) in [6.07, 6.45) is 3.02. The SMILES string of the molecule is CN=CC(=CN)c1cc(Br)c(C(=O)O)c(Br)c1. The number of aromatic carboxylic acids is 1. The van der Waals surface area contributed by atoms with Gasteiger partial charge in [-0.25, -0.2) is 4.79 Å². The van der Waals surface area contributed by atoms with Crippen LogP contribution in [0.3, 0.4) is 0 Å². The predicted octanol–water partition coefficient (Wildman–Crippen LogP) is 2.91. The van der Waals surface area contributed by atoms with Crippen molar-refractivity contribution in [3.63, 3.8) is 0 Å². The van der Waals surface area contributed by atoms with Crippen LogP contribution in [0, 0.1) is 0 Å². The largest absolute Gasteiger partial charge is 0.478 e. The first kappa shape index (κ1) is 13.9. The molecule has 0 atom stereocenters. The maximum atomic E-state index is 11.0. The molecule has 0 unspecified atom stereocenters. The third-order valence-corrected chi connectivity index (χ3v) is 3.29. The highest BCUT2D eigenvalue weighted by Crippen LogP contribution is 2.29. The van der Waals surface area contributed by atoms with Crippen molar-refractivity contribution in [2.24, 2.45) is 10.7 Å². The summed E-state index contributed by atoms with van der Waals surface area (Å²) < 4.78 is 0.969. The molecule has 4 nitrogen and oxygen atoms in total. The number of nitrogens with zero attached hydrogens (tertiary/aromatic N) is 1. The molecule has 0 aliphatic heterocycles. The molecule has 0 aliphatic carbocycles. The zero-order valence-corrected chi connectivity index (χ0v) is 12.1. The molecule has 90 valence electrons. The lowest BCUT2D eigenvalue weighted by Crippen LogP contribution is -2.01. The van der Waals surface area contributed by atoms with Crippen molar-refractivity contribution in [3.8, 4) is 0 Å². The van der Waals surface area contributed by atoms with Gasteiger partial charge in [-0.05, 0) is 49.6 Å². The summed E-state index contributed by atoms with van der Waals surface area (Å²) in [5.41, 5.74) is 7.16. The summed E-state index contributed by atoms with van der Waals surface area (Å²) in [5.74, 6) is -1.00. The van der Waals surface area contributed by atoms with E-state index in [1.165, 1.54) is 6.20 Å². The summed E-state index contributed by atoms with van der Waals surface area (Å²) in [5, 5.41) is 9.01. The van der Waals surface area contributed by atoms with Gasteiger partial charge < -0.3 is 10.8 Å². The quantitative estimate of drug-likeness (QED) is 0.812. The van der Waals surface area contributed by atoms with Gasteiger partial charge in [-0.3, -0.25) is 4.99 Å². The Labute approximate surface area is 115 Å². The highest BCUT2D eigenvalue weighted by atomic mass is 79.9. The highest BCUT2D eigenvalue weighted by molar-refractivity contribution is 9.11. The van der Waals surface area contributed by atoms with E-state index in [0.717, 1.165) is 5.56 Å². The maximum absolute atomic E-state index is 11.0. The third-order valence-electron chi connectivity index (χ3n) is 2.04. The smallest absolute Gasteiger partial charge is 0.337 e. The van der Waals surface area contributed by atoms with Gasteiger partial charge in [0.1, 0.15) is 0 Å². The van der Waals surface area contributed by atoms with Crippen LogP contribution in [0.15, 0.2) is 32.3 Å². The minimum absolute atomic E-state index is 0.179. The molecule has 6 heteroatoms. The fraction of sp³-hybridized carbons (Fsp3) is 0.0909. The van der Waals surface area contributed by atoms with Crippen LogP contribution in [0.1, 0.15) is 15.9 Å². The predicted molar refractivity (Wildman–Crippen MR) is 75.4 cm³/mol. The van der Waals surface area contributed by atoms with E-state index in [0.29, 0.717) is 14.5 Å². The highest BCUT2D eigenvalue weighted by Gasteiger charge is 2.15. The Bertz CT molecular complexity index is 487. The summed E-state index contributed by atoms with van der Waals surface area (Å²) >= 11 is 6.45. The lowest BCUT2D eigenvalue weighted by Gasteiger charge is -2.07. The van der Waals surface area contributed by atoms with Gasteiger partial charge in [-0.2, -0.15) is 0 Å². The molecule has 3 N–H and O–H groups in total. The van der Waals surface area contributed by atoms with E-state index in [9.17, 15) is 4.79 Å². The molecular formula is C11H10Br2N2O2. The second-order valence-corrected chi connectivity index (χ2v) is 4.84. The van der Waals surface area contributed by atoms with Crippen LogP contribution in [-0.4, -0.2) is 24.3 Å². The minimum atomic E-state index is -1.00. The molecule has 0 aromatic heterocycles.